The lowest BCUT2D eigenvalue weighted by Crippen LogP contribution is -2.42. The van der Waals surface area contributed by atoms with Crippen molar-refractivity contribution in [3.63, 3.8) is 0 Å². The molecule has 1 saturated heterocycles. The molecule has 0 aliphatic carbocycles. The number of β-amino-alcohol motifs (C(OH)–C–C–N with tert-alkyl or cyclic N) is 1. The van der Waals surface area contributed by atoms with Crippen molar-refractivity contribution in [1.82, 2.24) is 14.7 Å². The molecule has 1 fully saturated rings. The monoisotopic (exact) mass is 313 g/mol. The Morgan fingerprint density at radius 2 is 2.04 bits per heavy atom. The molecule has 0 saturated carbocycles. The number of aliphatic hydroxyl groups excluding tert-OH is 1. The quantitative estimate of drug-likeness (QED) is 0.944. The van der Waals surface area contributed by atoms with E-state index in [0.717, 1.165) is 36.3 Å². The van der Waals surface area contributed by atoms with Crippen LogP contribution < -0.4 is 0 Å². The zero-order valence-corrected chi connectivity index (χ0v) is 13.7. The molecular weight excluding hydrogens is 290 g/mol. The van der Waals surface area contributed by atoms with E-state index in [9.17, 15) is 9.90 Å². The van der Waals surface area contributed by atoms with E-state index in [1.54, 1.807) is 4.90 Å². The Kier molecular flexibility index (Phi) is 4.48. The number of piperidine rings is 1. The molecule has 5 heteroatoms. The second-order valence-electron chi connectivity index (χ2n) is 6.33. The van der Waals surface area contributed by atoms with Gasteiger partial charge in [-0.25, -0.2) is 0 Å². The summed E-state index contributed by atoms with van der Waals surface area (Å²) < 4.78 is 1.97. The number of benzene rings is 1. The molecule has 1 aromatic carbocycles. The molecule has 0 radical (unpaired) electrons. The predicted molar refractivity (Wildman–Crippen MR) is 88.4 cm³/mol. The van der Waals surface area contributed by atoms with E-state index in [1.807, 2.05) is 42.8 Å². The average molecular weight is 313 g/mol. The van der Waals surface area contributed by atoms with E-state index in [-0.39, 0.29) is 5.91 Å². The first-order valence-corrected chi connectivity index (χ1v) is 8.10. The standard InChI is InChI=1S/C18H23N3O2/c1-13-10-14(2)21(19-13)11-15-5-7-16(8-6-15)18(23)20-9-3-4-17(22)12-20/h5-8,10,17,22H,3-4,9,11-12H2,1-2H3. The number of amides is 1. The number of nitrogens with zero attached hydrogens (tertiary/aromatic N) is 3. The van der Waals surface area contributed by atoms with Crippen LogP contribution in [0, 0.1) is 13.8 Å². The molecule has 0 spiro atoms. The first-order valence-electron chi connectivity index (χ1n) is 8.10. The van der Waals surface area contributed by atoms with Crippen LogP contribution in [-0.4, -0.2) is 44.9 Å². The van der Waals surface area contributed by atoms with Gasteiger partial charge >= 0.3 is 0 Å². The van der Waals surface area contributed by atoms with Crippen LogP contribution in [0.5, 0.6) is 0 Å². The maximum Gasteiger partial charge on any atom is 0.253 e. The van der Waals surface area contributed by atoms with Gasteiger partial charge in [-0.2, -0.15) is 5.10 Å². The molecule has 3 rings (SSSR count). The van der Waals surface area contributed by atoms with Crippen molar-refractivity contribution in [2.24, 2.45) is 0 Å². The smallest absolute Gasteiger partial charge is 0.253 e. The Balaban J connectivity index is 1.69. The van der Waals surface area contributed by atoms with Crippen molar-refractivity contribution in [2.45, 2.75) is 39.3 Å². The second-order valence-corrected chi connectivity index (χ2v) is 6.33. The van der Waals surface area contributed by atoms with Crippen LogP contribution in [-0.2, 0) is 6.54 Å². The predicted octanol–water partition coefficient (Wildman–Crippen LogP) is 2.15. The average Bonchev–Trinajstić information content (AvgIpc) is 2.85. The van der Waals surface area contributed by atoms with Gasteiger partial charge in [-0.05, 0) is 50.5 Å². The minimum Gasteiger partial charge on any atom is -0.391 e. The lowest BCUT2D eigenvalue weighted by Gasteiger charge is -2.30. The largest absolute Gasteiger partial charge is 0.391 e. The Bertz CT molecular complexity index is 691. The fraction of sp³-hybridized carbons (Fsp3) is 0.444. The van der Waals surface area contributed by atoms with Crippen LogP contribution in [0.2, 0.25) is 0 Å². The first kappa shape index (κ1) is 15.7. The van der Waals surface area contributed by atoms with Gasteiger partial charge in [0.15, 0.2) is 0 Å². The molecule has 1 unspecified atom stereocenters. The summed E-state index contributed by atoms with van der Waals surface area (Å²) in [5, 5.41) is 14.2. The molecule has 5 nitrogen and oxygen atoms in total. The zero-order valence-electron chi connectivity index (χ0n) is 13.7. The van der Waals surface area contributed by atoms with E-state index in [1.165, 1.54) is 0 Å². The molecule has 2 heterocycles. The highest BCUT2D eigenvalue weighted by Crippen LogP contribution is 2.15. The molecule has 122 valence electrons. The number of rotatable bonds is 3. The molecule has 0 bridgehead atoms. The molecule has 1 amide bonds. The Hall–Kier alpha value is -2.14. The molecule has 23 heavy (non-hydrogen) atoms. The van der Waals surface area contributed by atoms with Crippen LogP contribution >= 0.6 is 0 Å². The van der Waals surface area contributed by atoms with Gasteiger partial charge in [0.1, 0.15) is 0 Å². The fourth-order valence-corrected chi connectivity index (χ4v) is 3.08. The number of carbonyl (C=O) groups is 1. The number of hydrogen-bond donors (Lipinski definition) is 1. The first-order chi connectivity index (χ1) is 11.0. The van der Waals surface area contributed by atoms with E-state index >= 15 is 0 Å². The summed E-state index contributed by atoms with van der Waals surface area (Å²) in [5.74, 6) is 0.00131. The minimum absolute atomic E-state index is 0.00131. The van der Waals surface area contributed by atoms with Crippen molar-refractivity contribution < 1.29 is 9.90 Å². The highest BCUT2D eigenvalue weighted by molar-refractivity contribution is 5.94. The van der Waals surface area contributed by atoms with Gasteiger partial charge in [0.2, 0.25) is 0 Å². The van der Waals surface area contributed by atoms with Crippen LogP contribution in [0.4, 0.5) is 0 Å². The molecule has 1 atom stereocenters. The molecule has 1 N–H and O–H groups in total. The SMILES string of the molecule is Cc1cc(C)n(Cc2ccc(C(=O)N3CCCC(O)C3)cc2)n1. The third-order valence-corrected chi connectivity index (χ3v) is 4.32. The third-order valence-electron chi connectivity index (χ3n) is 4.32. The highest BCUT2D eigenvalue weighted by atomic mass is 16.3. The van der Waals surface area contributed by atoms with Gasteiger partial charge in [0.25, 0.3) is 5.91 Å². The van der Waals surface area contributed by atoms with Gasteiger partial charge in [0, 0.05) is 24.3 Å². The summed E-state index contributed by atoms with van der Waals surface area (Å²) in [6, 6.07) is 9.74. The van der Waals surface area contributed by atoms with Gasteiger partial charge in [-0.3, -0.25) is 9.48 Å². The van der Waals surface area contributed by atoms with Crippen LogP contribution in [0.15, 0.2) is 30.3 Å². The summed E-state index contributed by atoms with van der Waals surface area (Å²) in [4.78, 5) is 14.2. The number of aliphatic hydroxyl groups is 1. The summed E-state index contributed by atoms with van der Waals surface area (Å²) in [5.41, 5.74) is 3.94. The summed E-state index contributed by atoms with van der Waals surface area (Å²) >= 11 is 0. The summed E-state index contributed by atoms with van der Waals surface area (Å²) in [6.07, 6.45) is 1.26. The van der Waals surface area contributed by atoms with Gasteiger partial charge in [-0.1, -0.05) is 12.1 Å². The van der Waals surface area contributed by atoms with Crippen LogP contribution in [0.3, 0.4) is 0 Å². The third kappa shape index (κ3) is 3.62. The highest BCUT2D eigenvalue weighted by Gasteiger charge is 2.22. The summed E-state index contributed by atoms with van der Waals surface area (Å²) in [7, 11) is 0. The number of aryl methyl sites for hydroxylation is 2. The van der Waals surface area contributed by atoms with E-state index in [2.05, 4.69) is 11.2 Å². The number of carbonyl (C=O) groups excluding carboxylic acids is 1. The van der Waals surface area contributed by atoms with E-state index in [0.29, 0.717) is 18.7 Å². The minimum atomic E-state index is -0.391. The van der Waals surface area contributed by atoms with Crippen molar-refractivity contribution in [3.8, 4) is 0 Å². The van der Waals surface area contributed by atoms with Crippen molar-refractivity contribution in [3.05, 3.63) is 52.8 Å². The molecule has 2 aromatic rings. The van der Waals surface area contributed by atoms with Crippen molar-refractivity contribution in [2.75, 3.05) is 13.1 Å². The maximum absolute atomic E-state index is 12.5. The van der Waals surface area contributed by atoms with Crippen LogP contribution in [0.25, 0.3) is 0 Å². The molecule has 1 aromatic heterocycles. The number of aromatic nitrogens is 2. The van der Waals surface area contributed by atoms with E-state index < -0.39 is 6.10 Å². The molecule has 1 aliphatic heterocycles. The Morgan fingerprint density at radius 3 is 2.65 bits per heavy atom. The topological polar surface area (TPSA) is 58.4 Å². The normalized spacial score (nSPS) is 18.2. The van der Waals surface area contributed by atoms with Crippen molar-refractivity contribution in [1.29, 1.82) is 0 Å². The number of likely N-dealkylation sites (tertiary alicyclic amines) is 1. The van der Waals surface area contributed by atoms with Gasteiger partial charge in [-0.15, -0.1) is 0 Å². The fourth-order valence-electron chi connectivity index (χ4n) is 3.08. The number of hydrogen-bond acceptors (Lipinski definition) is 3. The maximum atomic E-state index is 12.5. The Labute approximate surface area is 136 Å². The lowest BCUT2D eigenvalue weighted by molar-refractivity contribution is 0.0474. The zero-order chi connectivity index (χ0) is 16.4. The molecular formula is C18H23N3O2. The van der Waals surface area contributed by atoms with E-state index in [4.69, 9.17) is 0 Å². The van der Waals surface area contributed by atoms with Crippen LogP contribution in [0.1, 0.15) is 40.2 Å². The summed E-state index contributed by atoms with van der Waals surface area (Å²) in [6.45, 7) is 5.89. The van der Waals surface area contributed by atoms with Gasteiger partial charge in [0.05, 0.1) is 18.3 Å². The second kappa shape index (κ2) is 6.54. The molecule has 1 aliphatic rings. The van der Waals surface area contributed by atoms with Crippen molar-refractivity contribution >= 4 is 5.91 Å². The van der Waals surface area contributed by atoms with Gasteiger partial charge < -0.3 is 10.0 Å². The Morgan fingerprint density at radius 1 is 1.30 bits per heavy atom. The lowest BCUT2D eigenvalue weighted by atomic mass is 10.1.